The van der Waals surface area contributed by atoms with E-state index in [2.05, 4.69) is 186 Å². The number of hydrogen-bond acceptors (Lipinski definition) is 0. The first-order valence-corrected chi connectivity index (χ1v) is 29.4. The van der Waals surface area contributed by atoms with Gasteiger partial charge in [0, 0.05) is 28.1 Å². The standard InChI is InChI=1S/C72H80BN/c1-8-73-74-69-61-42-36-54(48-21-13-10-14-22-48)44-56(61)26-18-28-63(69)67(51-33-39-59(40-34-51)72(5,6)7)70(74)68(57-30-29-49-23-15-16-24-52(49)45-57)65-46-64-60-41-35-53(47-19-11-9-12-20-47)43-55(60)25-17-27-62(64)66(65)50-31-37-58(38-32-50)71(2,3)4/h15-16,23-24,29-48,73H,8-14,17-22,25-28H2,1-7H3/b68-65+. The lowest BCUT2D eigenvalue weighted by atomic mass is 9.81. The Morgan fingerprint density at radius 2 is 1.11 bits per heavy atom. The van der Waals surface area contributed by atoms with E-state index in [0.717, 1.165) is 52.3 Å². The fourth-order valence-corrected chi connectivity index (χ4v) is 14.3. The summed E-state index contributed by atoms with van der Waals surface area (Å²) in [6.45, 7) is 16.5. The van der Waals surface area contributed by atoms with Crippen molar-refractivity contribution in [2.45, 2.75) is 180 Å². The molecule has 12 rings (SSSR count). The lowest BCUT2D eigenvalue weighted by Crippen LogP contribution is -2.13. The number of rotatable bonds is 8. The summed E-state index contributed by atoms with van der Waals surface area (Å²) >= 11 is 0. The first-order valence-electron chi connectivity index (χ1n) is 29.4. The van der Waals surface area contributed by atoms with Crippen LogP contribution in [-0.4, -0.2) is 11.9 Å². The average Bonchev–Trinajstić information content (AvgIpc) is 3.79. The van der Waals surface area contributed by atoms with Crippen LogP contribution in [0.25, 0.3) is 49.9 Å². The summed E-state index contributed by atoms with van der Waals surface area (Å²) < 4.78 is 2.85. The number of benzene rings is 6. The van der Waals surface area contributed by atoms with Crippen molar-refractivity contribution in [1.82, 2.24) is 4.48 Å². The molecule has 2 fully saturated rings. The number of aryl methyl sites for hydroxylation is 2. The average molecular weight is 970 g/mol. The zero-order valence-corrected chi connectivity index (χ0v) is 46.0. The van der Waals surface area contributed by atoms with Crippen LogP contribution >= 0.6 is 0 Å². The van der Waals surface area contributed by atoms with Gasteiger partial charge in [0.25, 0.3) is 0 Å². The number of nitrogens with zero attached hydrogens (tertiary/aromatic N) is 1. The van der Waals surface area contributed by atoms with E-state index in [4.69, 9.17) is 0 Å². The van der Waals surface area contributed by atoms with E-state index in [-0.39, 0.29) is 10.8 Å². The maximum Gasteiger partial charge on any atom is 0.242 e. The molecule has 1 nitrogen and oxygen atoms in total. The van der Waals surface area contributed by atoms with Gasteiger partial charge in [-0.15, -0.1) is 0 Å². The monoisotopic (exact) mass is 970 g/mol. The quantitative estimate of drug-likeness (QED) is 0.134. The van der Waals surface area contributed by atoms with Gasteiger partial charge in [-0.05, 0) is 193 Å². The van der Waals surface area contributed by atoms with Gasteiger partial charge in [-0.25, -0.2) is 0 Å². The third kappa shape index (κ3) is 9.15. The molecule has 0 N–H and O–H groups in total. The van der Waals surface area contributed by atoms with Gasteiger partial charge in [0.05, 0.1) is 0 Å². The Kier molecular flexibility index (Phi) is 13.3. The minimum absolute atomic E-state index is 0.0573. The van der Waals surface area contributed by atoms with E-state index in [1.165, 1.54) is 164 Å². The summed E-state index contributed by atoms with van der Waals surface area (Å²) in [5, 5.41) is 2.58. The van der Waals surface area contributed by atoms with Gasteiger partial charge in [0.2, 0.25) is 7.41 Å². The van der Waals surface area contributed by atoms with Crippen LogP contribution in [0.5, 0.6) is 0 Å². The van der Waals surface area contributed by atoms with Gasteiger partial charge in [0.1, 0.15) is 0 Å². The lowest BCUT2D eigenvalue weighted by Gasteiger charge is -2.24. The highest BCUT2D eigenvalue weighted by Crippen LogP contribution is 2.54. The Morgan fingerprint density at radius 1 is 0.541 bits per heavy atom. The zero-order chi connectivity index (χ0) is 50.7. The molecular weight excluding hydrogens is 890 g/mol. The lowest BCUT2D eigenvalue weighted by molar-refractivity contribution is 0.443. The van der Waals surface area contributed by atoms with Crippen molar-refractivity contribution in [2.24, 2.45) is 0 Å². The van der Waals surface area contributed by atoms with Crippen LogP contribution in [0.3, 0.4) is 0 Å². The Balaban J connectivity index is 1.19. The van der Waals surface area contributed by atoms with Crippen molar-refractivity contribution in [3.05, 3.63) is 206 Å². The largest absolute Gasteiger partial charge is 0.388 e. The molecule has 5 aliphatic carbocycles. The van der Waals surface area contributed by atoms with Crippen LogP contribution in [0.1, 0.15) is 205 Å². The van der Waals surface area contributed by atoms with Crippen molar-refractivity contribution in [3.63, 3.8) is 0 Å². The fraction of sp³-hybridized carbons (Fsp3) is 0.389. The molecule has 0 amide bonds. The minimum Gasteiger partial charge on any atom is -0.388 e. The molecule has 376 valence electrons. The number of fused-ring (bicyclic) bond motifs is 7. The summed E-state index contributed by atoms with van der Waals surface area (Å²) in [6, 6.07) is 51.6. The summed E-state index contributed by atoms with van der Waals surface area (Å²) in [5.41, 5.74) is 29.0. The molecule has 1 heterocycles. The molecule has 0 saturated heterocycles. The van der Waals surface area contributed by atoms with Crippen molar-refractivity contribution in [3.8, 4) is 22.4 Å². The van der Waals surface area contributed by atoms with Crippen LogP contribution in [0.2, 0.25) is 6.32 Å². The molecule has 2 saturated carbocycles. The molecule has 0 atom stereocenters. The van der Waals surface area contributed by atoms with Crippen LogP contribution < -0.4 is 0 Å². The predicted octanol–water partition coefficient (Wildman–Crippen LogP) is 19.5. The molecule has 5 aliphatic rings. The van der Waals surface area contributed by atoms with Crippen LogP contribution in [0.15, 0.2) is 145 Å². The van der Waals surface area contributed by atoms with E-state index >= 15 is 0 Å². The summed E-state index contributed by atoms with van der Waals surface area (Å²) in [7, 11) is 0.946. The number of hydrogen-bond donors (Lipinski definition) is 0. The van der Waals surface area contributed by atoms with E-state index in [1.807, 2.05) is 0 Å². The molecule has 0 bridgehead atoms. The Labute approximate surface area is 445 Å². The molecule has 7 aromatic rings. The third-order valence-electron chi connectivity index (χ3n) is 18.3. The van der Waals surface area contributed by atoms with Crippen molar-refractivity contribution >= 4 is 34.9 Å². The molecule has 1 aromatic heterocycles. The fourth-order valence-electron chi connectivity index (χ4n) is 14.3. The van der Waals surface area contributed by atoms with Crippen LogP contribution in [-0.2, 0) is 30.1 Å². The second kappa shape index (κ2) is 20.0. The summed E-state index contributed by atoms with van der Waals surface area (Å²) in [6.07, 6.45) is 24.0. The van der Waals surface area contributed by atoms with Gasteiger partial charge in [-0.2, -0.15) is 0 Å². The van der Waals surface area contributed by atoms with Crippen LogP contribution in [0.4, 0.5) is 0 Å². The molecule has 0 radical (unpaired) electrons. The van der Waals surface area contributed by atoms with E-state index in [9.17, 15) is 0 Å². The van der Waals surface area contributed by atoms with E-state index < -0.39 is 0 Å². The first kappa shape index (κ1) is 49.0. The molecule has 0 aliphatic heterocycles. The Bertz CT molecular complexity index is 3340. The minimum atomic E-state index is 0.0573. The Morgan fingerprint density at radius 3 is 1.72 bits per heavy atom. The topological polar surface area (TPSA) is 4.93 Å². The van der Waals surface area contributed by atoms with Crippen molar-refractivity contribution in [2.75, 3.05) is 0 Å². The summed E-state index contributed by atoms with van der Waals surface area (Å²) in [4.78, 5) is 0. The molecule has 0 spiro atoms. The van der Waals surface area contributed by atoms with Gasteiger partial charge in [0.15, 0.2) is 0 Å². The zero-order valence-electron chi connectivity index (χ0n) is 46.0. The Hall–Kier alpha value is -5.86. The normalized spacial score (nSPS) is 18.3. The first-order chi connectivity index (χ1) is 35.9. The molecule has 0 unspecified atom stereocenters. The molecule has 2 heteroatoms. The molecular formula is C72H80BN. The second-order valence-corrected chi connectivity index (χ2v) is 25.3. The van der Waals surface area contributed by atoms with Gasteiger partial charge in [-0.1, -0.05) is 215 Å². The third-order valence-corrected chi connectivity index (χ3v) is 18.3. The van der Waals surface area contributed by atoms with E-state index in [0.29, 0.717) is 11.8 Å². The highest BCUT2D eigenvalue weighted by molar-refractivity contribution is 6.36. The maximum atomic E-state index is 2.85. The van der Waals surface area contributed by atoms with Gasteiger partial charge >= 0.3 is 0 Å². The molecule has 6 aromatic carbocycles. The number of allylic oxidation sites excluding steroid dienone is 5. The highest BCUT2D eigenvalue weighted by atomic mass is 14.9. The van der Waals surface area contributed by atoms with Gasteiger partial charge < -0.3 is 4.48 Å². The highest BCUT2D eigenvalue weighted by Gasteiger charge is 2.36. The second-order valence-electron chi connectivity index (χ2n) is 25.3. The summed E-state index contributed by atoms with van der Waals surface area (Å²) in [5.74, 6) is 1.38. The predicted molar refractivity (Wildman–Crippen MR) is 320 cm³/mol. The smallest absolute Gasteiger partial charge is 0.242 e. The maximum absolute atomic E-state index is 2.85. The van der Waals surface area contributed by atoms with E-state index in [1.54, 1.807) is 22.3 Å². The van der Waals surface area contributed by atoms with Crippen molar-refractivity contribution < 1.29 is 0 Å². The van der Waals surface area contributed by atoms with Gasteiger partial charge in [-0.3, -0.25) is 0 Å². The van der Waals surface area contributed by atoms with Crippen LogP contribution in [0, 0.1) is 0 Å². The molecule has 74 heavy (non-hydrogen) atoms. The van der Waals surface area contributed by atoms with Crippen molar-refractivity contribution in [1.29, 1.82) is 0 Å². The SMILES string of the molecule is CCBn1c(/C(=C2\C=C3C(=C2c2ccc(C(C)(C)C)cc2)CCCc2cc(C4CCCCC4)ccc23)c2ccc3ccccc3c2)c(-c2ccc(C(C)(C)C)cc2)c2c1-c1ccc(C3CCCCC3)cc1CCC2. The number of aromatic nitrogens is 1.